The van der Waals surface area contributed by atoms with E-state index >= 15 is 0 Å². The normalized spacial score (nSPS) is 12.8. The number of nitrogen functional groups attached to an aromatic ring is 1. The quantitative estimate of drug-likeness (QED) is 0.396. The van der Waals surface area contributed by atoms with E-state index in [-0.39, 0.29) is 0 Å². The predicted molar refractivity (Wildman–Crippen MR) is 133 cm³/mol. The lowest BCUT2D eigenvalue weighted by molar-refractivity contribution is 0.302. The van der Waals surface area contributed by atoms with E-state index in [2.05, 4.69) is 43.0 Å². The zero-order valence-corrected chi connectivity index (χ0v) is 19.8. The number of imidazole rings is 1. The number of hydrogen-bond acceptors (Lipinski definition) is 6. The lowest BCUT2D eigenvalue weighted by Crippen LogP contribution is -2.07. The van der Waals surface area contributed by atoms with Crippen LogP contribution in [0.15, 0.2) is 48.9 Å². The maximum absolute atomic E-state index is 5.98. The van der Waals surface area contributed by atoms with Crippen LogP contribution in [0.5, 0.6) is 5.75 Å². The first-order valence-electron chi connectivity index (χ1n) is 11.6. The molecule has 0 bridgehead atoms. The number of aromatic nitrogens is 4. The largest absolute Gasteiger partial charge is 0.487 e. The molecule has 0 aliphatic heterocycles. The van der Waals surface area contributed by atoms with Gasteiger partial charge in [-0.05, 0) is 67.5 Å². The molecule has 1 aliphatic carbocycles. The Morgan fingerprint density at radius 2 is 1.91 bits per heavy atom. The first kappa shape index (κ1) is 22.6. The van der Waals surface area contributed by atoms with Crippen LogP contribution in [0.1, 0.15) is 60.7 Å². The number of nitrogens with zero attached hydrogens (tertiary/aromatic N) is 4. The standard InChI is InChI=1S/C24H26N6O.C2H6/c1-15-9-22(25)28-16(2)21(15)11-27-23-10-20(7-8-26-23)31-14-19-13-30-12-18(17-3-4-17)5-6-24(30)29-19;1-2/h5-10,12-13,17H,3-4,11,14H2,1-2H3,(H2,25,28)(H,26,27);1-2H3. The van der Waals surface area contributed by atoms with Crippen molar-refractivity contribution >= 4 is 17.3 Å². The summed E-state index contributed by atoms with van der Waals surface area (Å²) in [6.45, 7) is 9.04. The second kappa shape index (κ2) is 9.90. The molecule has 3 N–H and O–H groups in total. The molecular weight excluding hydrogens is 412 g/mol. The van der Waals surface area contributed by atoms with Crippen LogP contribution in [-0.2, 0) is 13.2 Å². The fourth-order valence-electron chi connectivity index (χ4n) is 3.88. The molecule has 0 saturated heterocycles. The van der Waals surface area contributed by atoms with E-state index in [1.165, 1.54) is 18.4 Å². The highest BCUT2D eigenvalue weighted by atomic mass is 16.5. The lowest BCUT2D eigenvalue weighted by atomic mass is 10.1. The van der Waals surface area contributed by atoms with Gasteiger partial charge in [0.25, 0.3) is 0 Å². The maximum Gasteiger partial charge on any atom is 0.137 e. The van der Waals surface area contributed by atoms with Crippen molar-refractivity contribution < 1.29 is 4.74 Å². The predicted octanol–water partition coefficient (Wildman–Crippen LogP) is 5.42. The van der Waals surface area contributed by atoms with Gasteiger partial charge >= 0.3 is 0 Å². The fraction of sp³-hybridized carbons (Fsp3) is 0.346. The van der Waals surface area contributed by atoms with Gasteiger partial charge in [0.2, 0.25) is 0 Å². The van der Waals surface area contributed by atoms with Gasteiger partial charge in [-0.25, -0.2) is 15.0 Å². The summed E-state index contributed by atoms with van der Waals surface area (Å²) < 4.78 is 8.08. The summed E-state index contributed by atoms with van der Waals surface area (Å²) in [6.07, 6.45) is 8.56. The second-order valence-electron chi connectivity index (χ2n) is 8.18. The van der Waals surface area contributed by atoms with Crippen LogP contribution in [0.3, 0.4) is 0 Å². The number of nitrogens with two attached hydrogens (primary N) is 1. The summed E-state index contributed by atoms with van der Waals surface area (Å²) >= 11 is 0. The second-order valence-corrected chi connectivity index (χ2v) is 8.18. The molecule has 172 valence electrons. The van der Waals surface area contributed by atoms with E-state index in [0.29, 0.717) is 19.0 Å². The van der Waals surface area contributed by atoms with E-state index in [1.54, 1.807) is 6.20 Å². The van der Waals surface area contributed by atoms with Crippen molar-refractivity contribution in [2.75, 3.05) is 11.1 Å². The van der Waals surface area contributed by atoms with Gasteiger partial charge in [-0.1, -0.05) is 19.9 Å². The first-order valence-corrected chi connectivity index (χ1v) is 11.6. The van der Waals surface area contributed by atoms with Gasteiger partial charge in [-0.2, -0.15) is 0 Å². The van der Waals surface area contributed by atoms with Gasteiger partial charge in [0.05, 0.1) is 5.69 Å². The Bertz CT molecular complexity index is 1220. The van der Waals surface area contributed by atoms with E-state index in [9.17, 15) is 0 Å². The minimum atomic E-state index is 0.407. The Morgan fingerprint density at radius 3 is 2.67 bits per heavy atom. The molecule has 1 saturated carbocycles. The van der Waals surface area contributed by atoms with Gasteiger partial charge in [0.1, 0.15) is 29.6 Å². The zero-order chi connectivity index (χ0) is 23.4. The van der Waals surface area contributed by atoms with E-state index in [1.807, 2.05) is 52.1 Å². The van der Waals surface area contributed by atoms with Crippen molar-refractivity contribution in [2.45, 2.75) is 59.6 Å². The number of rotatable bonds is 7. The Hall–Kier alpha value is -3.61. The molecule has 4 aromatic heterocycles. The molecular formula is C26H32N6O. The van der Waals surface area contributed by atoms with Crippen LogP contribution in [0.4, 0.5) is 11.6 Å². The van der Waals surface area contributed by atoms with Crippen LogP contribution in [-0.4, -0.2) is 19.4 Å². The van der Waals surface area contributed by atoms with E-state index < -0.39 is 0 Å². The molecule has 7 heteroatoms. The molecule has 0 atom stereocenters. The van der Waals surface area contributed by atoms with Crippen molar-refractivity contribution in [3.05, 3.63) is 77.0 Å². The van der Waals surface area contributed by atoms with Crippen LogP contribution in [0, 0.1) is 13.8 Å². The van der Waals surface area contributed by atoms with E-state index in [0.717, 1.165) is 45.6 Å². The van der Waals surface area contributed by atoms with Gasteiger partial charge < -0.3 is 20.2 Å². The van der Waals surface area contributed by atoms with Crippen LogP contribution in [0.2, 0.25) is 0 Å². The summed E-state index contributed by atoms with van der Waals surface area (Å²) in [4.78, 5) is 13.4. The van der Waals surface area contributed by atoms with E-state index in [4.69, 9.17) is 10.5 Å². The number of ether oxygens (including phenoxy) is 1. The van der Waals surface area contributed by atoms with Gasteiger partial charge in [-0.3, -0.25) is 0 Å². The Balaban J connectivity index is 0.00000126. The van der Waals surface area contributed by atoms with Gasteiger partial charge in [-0.15, -0.1) is 0 Å². The highest BCUT2D eigenvalue weighted by Crippen LogP contribution is 2.39. The summed E-state index contributed by atoms with van der Waals surface area (Å²) in [5, 5.41) is 3.35. The van der Waals surface area contributed by atoms with Crippen molar-refractivity contribution in [1.29, 1.82) is 0 Å². The Labute approximate surface area is 195 Å². The van der Waals surface area contributed by atoms with Crippen LogP contribution in [0.25, 0.3) is 5.65 Å². The third kappa shape index (κ3) is 5.42. The summed E-state index contributed by atoms with van der Waals surface area (Å²) in [7, 11) is 0. The topological polar surface area (TPSA) is 90.4 Å². The number of pyridine rings is 3. The zero-order valence-electron chi connectivity index (χ0n) is 19.8. The average Bonchev–Trinajstić information content (AvgIpc) is 3.58. The summed E-state index contributed by atoms with van der Waals surface area (Å²) in [6, 6.07) is 9.91. The minimum absolute atomic E-state index is 0.407. The molecule has 1 aliphatic rings. The summed E-state index contributed by atoms with van der Waals surface area (Å²) in [5.41, 5.74) is 12.2. The number of anilines is 2. The maximum atomic E-state index is 5.98. The first-order chi connectivity index (χ1) is 16.0. The third-order valence-electron chi connectivity index (χ3n) is 5.71. The molecule has 33 heavy (non-hydrogen) atoms. The lowest BCUT2D eigenvalue weighted by Gasteiger charge is -2.12. The summed E-state index contributed by atoms with van der Waals surface area (Å²) in [5.74, 6) is 2.77. The molecule has 0 unspecified atom stereocenters. The molecule has 4 heterocycles. The monoisotopic (exact) mass is 444 g/mol. The number of fused-ring (bicyclic) bond motifs is 1. The molecule has 0 aromatic carbocycles. The van der Waals surface area contributed by atoms with Crippen molar-refractivity contribution in [1.82, 2.24) is 19.4 Å². The molecule has 0 spiro atoms. The molecule has 5 rings (SSSR count). The Morgan fingerprint density at radius 1 is 1.09 bits per heavy atom. The smallest absolute Gasteiger partial charge is 0.137 e. The van der Waals surface area contributed by atoms with Crippen LogP contribution < -0.4 is 15.8 Å². The molecule has 0 amide bonds. The molecule has 0 radical (unpaired) electrons. The third-order valence-corrected chi connectivity index (χ3v) is 5.71. The van der Waals surface area contributed by atoms with Gasteiger partial charge in [0, 0.05) is 36.9 Å². The highest BCUT2D eigenvalue weighted by Gasteiger charge is 2.23. The molecule has 1 fully saturated rings. The van der Waals surface area contributed by atoms with Crippen molar-refractivity contribution in [3.8, 4) is 5.75 Å². The fourth-order valence-corrected chi connectivity index (χ4v) is 3.88. The Kier molecular flexibility index (Phi) is 6.77. The molecule has 4 aromatic rings. The van der Waals surface area contributed by atoms with Crippen LogP contribution >= 0.6 is 0 Å². The number of hydrogen-bond donors (Lipinski definition) is 2. The van der Waals surface area contributed by atoms with Crippen molar-refractivity contribution in [3.63, 3.8) is 0 Å². The van der Waals surface area contributed by atoms with Crippen molar-refractivity contribution in [2.24, 2.45) is 0 Å². The van der Waals surface area contributed by atoms with Gasteiger partial charge in [0.15, 0.2) is 0 Å². The SMILES string of the molecule is CC.Cc1cc(N)nc(C)c1CNc1cc(OCc2cn3cc(C4CC4)ccc3n2)ccn1. The molecule has 7 nitrogen and oxygen atoms in total. The number of aryl methyl sites for hydroxylation is 2. The highest BCUT2D eigenvalue weighted by molar-refractivity contribution is 5.46. The average molecular weight is 445 g/mol. The number of nitrogens with one attached hydrogen (secondary N) is 1. The minimum Gasteiger partial charge on any atom is -0.487 e.